The molecule has 1 atom stereocenters. The smallest absolute Gasteiger partial charge is 0.265 e. The number of sulfonamides is 1. The number of benzene rings is 1. The third-order valence-electron chi connectivity index (χ3n) is 4.24. The highest BCUT2D eigenvalue weighted by atomic mass is 32.2. The lowest BCUT2D eigenvalue weighted by Gasteiger charge is -2.13. The summed E-state index contributed by atoms with van der Waals surface area (Å²) in [5.41, 5.74) is 2.18. The summed E-state index contributed by atoms with van der Waals surface area (Å²) in [5, 5.41) is 23.3. The number of aryl methyl sites for hydroxylation is 1. The standard InChI is InChI=1S/C17H19N5O4S/c1-11-3-4-15(17-16(11)12(5-18)6-19-17)21-27(24,25)14-7-20-22(8-14)13(9-23)10-26-2/h3-4,6-8,13,19,21,23H,9-10H2,1-2H3. The predicted octanol–water partition coefficient (Wildman–Crippen LogP) is 1.53. The fourth-order valence-corrected chi connectivity index (χ4v) is 3.87. The fourth-order valence-electron chi connectivity index (χ4n) is 2.86. The fraction of sp³-hybridized carbons (Fsp3) is 0.294. The number of nitrogens with one attached hydrogen (secondary N) is 2. The van der Waals surface area contributed by atoms with Crippen molar-refractivity contribution in [1.29, 1.82) is 5.26 Å². The van der Waals surface area contributed by atoms with E-state index >= 15 is 0 Å². The van der Waals surface area contributed by atoms with Crippen LogP contribution in [0.5, 0.6) is 0 Å². The SMILES string of the molecule is COCC(CO)n1cc(S(=O)(=O)Nc2ccc(C)c3c(C#N)c[nH]c23)cn1. The van der Waals surface area contributed by atoms with Crippen molar-refractivity contribution in [2.75, 3.05) is 25.0 Å². The minimum atomic E-state index is -3.91. The van der Waals surface area contributed by atoms with Gasteiger partial charge in [0, 0.05) is 24.9 Å². The van der Waals surface area contributed by atoms with E-state index in [0.29, 0.717) is 22.2 Å². The molecule has 2 aromatic heterocycles. The van der Waals surface area contributed by atoms with Crippen LogP contribution in [0.3, 0.4) is 0 Å². The van der Waals surface area contributed by atoms with Gasteiger partial charge in [-0.25, -0.2) is 8.42 Å². The molecule has 1 unspecified atom stereocenters. The molecule has 0 radical (unpaired) electrons. The van der Waals surface area contributed by atoms with Gasteiger partial charge >= 0.3 is 0 Å². The molecule has 1 aromatic carbocycles. The van der Waals surface area contributed by atoms with Crippen LogP contribution in [0.4, 0.5) is 5.69 Å². The number of aromatic nitrogens is 3. The number of nitriles is 1. The molecule has 2 heterocycles. The zero-order chi connectivity index (χ0) is 19.6. The van der Waals surface area contributed by atoms with E-state index in [1.807, 2.05) is 6.92 Å². The van der Waals surface area contributed by atoms with Gasteiger partial charge in [0.05, 0.1) is 42.2 Å². The summed E-state index contributed by atoms with van der Waals surface area (Å²) >= 11 is 0. The van der Waals surface area contributed by atoms with E-state index in [1.165, 1.54) is 24.2 Å². The molecule has 3 aromatic rings. The van der Waals surface area contributed by atoms with E-state index in [4.69, 9.17) is 4.74 Å². The van der Waals surface area contributed by atoms with Crippen molar-refractivity contribution >= 4 is 26.6 Å². The van der Waals surface area contributed by atoms with Crippen molar-refractivity contribution in [3.05, 3.63) is 41.9 Å². The normalized spacial score (nSPS) is 12.8. The first-order valence-electron chi connectivity index (χ1n) is 8.08. The van der Waals surface area contributed by atoms with Crippen LogP contribution in [-0.2, 0) is 14.8 Å². The van der Waals surface area contributed by atoms with Crippen molar-refractivity contribution in [2.24, 2.45) is 0 Å². The molecule has 0 aliphatic heterocycles. The number of ether oxygens (including phenoxy) is 1. The molecule has 0 fully saturated rings. The van der Waals surface area contributed by atoms with Gasteiger partial charge in [-0.3, -0.25) is 9.40 Å². The number of methoxy groups -OCH3 is 1. The first-order valence-corrected chi connectivity index (χ1v) is 9.57. The van der Waals surface area contributed by atoms with Gasteiger partial charge in [0.1, 0.15) is 11.0 Å². The first-order chi connectivity index (χ1) is 12.9. The third kappa shape index (κ3) is 3.52. The summed E-state index contributed by atoms with van der Waals surface area (Å²) in [6.07, 6.45) is 4.09. The Bertz CT molecular complexity index is 1110. The van der Waals surface area contributed by atoms with E-state index in [-0.39, 0.29) is 18.1 Å². The van der Waals surface area contributed by atoms with E-state index < -0.39 is 16.1 Å². The van der Waals surface area contributed by atoms with Crippen LogP contribution in [0.2, 0.25) is 0 Å². The largest absolute Gasteiger partial charge is 0.394 e. The van der Waals surface area contributed by atoms with Crippen molar-refractivity contribution in [2.45, 2.75) is 17.9 Å². The molecule has 0 aliphatic carbocycles. The molecule has 0 saturated heterocycles. The average Bonchev–Trinajstić information content (AvgIpc) is 3.30. The van der Waals surface area contributed by atoms with Crippen LogP contribution in [0.1, 0.15) is 17.2 Å². The second-order valence-corrected chi connectivity index (χ2v) is 7.73. The monoisotopic (exact) mass is 389 g/mol. The van der Waals surface area contributed by atoms with Gasteiger partial charge in [0.2, 0.25) is 0 Å². The summed E-state index contributed by atoms with van der Waals surface area (Å²) in [6, 6.07) is 5.00. The minimum Gasteiger partial charge on any atom is -0.394 e. The van der Waals surface area contributed by atoms with Crippen LogP contribution in [0, 0.1) is 18.3 Å². The van der Waals surface area contributed by atoms with Gasteiger partial charge in [-0.15, -0.1) is 0 Å². The maximum Gasteiger partial charge on any atom is 0.265 e. The van der Waals surface area contributed by atoms with E-state index in [0.717, 1.165) is 5.56 Å². The highest BCUT2D eigenvalue weighted by molar-refractivity contribution is 7.92. The molecule has 0 aliphatic rings. The Morgan fingerprint density at radius 3 is 2.93 bits per heavy atom. The molecular weight excluding hydrogens is 370 g/mol. The number of aromatic amines is 1. The van der Waals surface area contributed by atoms with Gasteiger partial charge in [-0.2, -0.15) is 10.4 Å². The van der Waals surface area contributed by atoms with Gasteiger partial charge in [-0.1, -0.05) is 6.07 Å². The number of fused-ring (bicyclic) bond motifs is 1. The Balaban J connectivity index is 1.95. The van der Waals surface area contributed by atoms with E-state index in [1.54, 1.807) is 18.3 Å². The number of nitrogens with zero attached hydrogens (tertiary/aromatic N) is 3. The van der Waals surface area contributed by atoms with Crippen LogP contribution >= 0.6 is 0 Å². The van der Waals surface area contributed by atoms with Crippen molar-refractivity contribution < 1.29 is 18.3 Å². The Kier molecular flexibility index (Phi) is 5.18. The van der Waals surface area contributed by atoms with Crippen LogP contribution in [-0.4, -0.2) is 48.6 Å². The predicted molar refractivity (Wildman–Crippen MR) is 98.8 cm³/mol. The number of hydrogen-bond donors (Lipinski definition) is 3. The Hall–Kier alpha value is -2.87. The summed E-state index contributed by atoms with van der Waals surface area (Å²) in [4.78, 5) is 2.91. The highest BCUT2D eigenvalue weighted by Crippen LogP contribution is 2.30. The van der Waals surface area contributed by atoms with Crippen molar-refractivity contribution in [3.8, 4) is 6.07 Å². The minimum absolute atomic E-state index is 0.0437. The number of aliphatic hydroxyl groups is 1. The zero-order valence-electron chi connectivity index (χ0n) is 14.8. The number of hydrogen-bond acceptors (Lipinski definition) is 6. The van der Waals surface area contributed by atoms with E-state index in [9.17, 15) is 18.8 Å². The zero-order valence-corrected chi connectivity index (χ0v) is 15.6. The summed E-state index contributed by atoms with van der Waals surface area (Å²) in [7, 11) is -2.42. The number of anilines is 1. The molecule has 0 bridgehead atoms. The van der Waals surface area contributed by atoms with Gasteiger partial charge in [0.25, 0.3) is 10.0 Å². The molecule has 10 heteroatoms. The van der Waals surface area contributed by atoms with Gasteiger partial charge in [0.15, 0.2) is 0 Å². The average molecular weight is 389 g/mol. The topological polar surface area (TPSA) is 133 Å². The van der Waals surface area contributed by atoms with Crippen LogP contribution < -0.4 is 4.72 Å². The third-order valence-corrected chi connectivity index (χ3v) is 5.56. The lowest BCUT2D eigenvalue weighted by molar-refractivity contribution is 0.108. The van der Waals surface area contributed by atoms with Gasteiger partial charge in [-0.05, 0) is 18.6 Å². The molecule has 0 spiro atoms. The quantitative estimate of drug-likeness (QED) is 0.561. The molecule has 0 amide bonds. The lowest BCUT2D eigenvalue weighted by atomic mass is 10.1. The number of rotatable bonds is 7. The van der Waals surface area contributed by atoms with Crippen molar-refractivity contribution in [1.82, 2.24) is 14.8 Å². The van der Waals surface area contributed by atoms with Crippen LogP contribution in [0.15, 0.2) is 35.6 Å². The molecule has 0 saturated carbocycles. The summed E-state index contributed by atoms with van der Waals surface area (Å²) < 4.78 is 34.4. The Morgan fingerprint density at radius 1 is 1.48 bits per heavy atom. The summed E-state index contributed by atoms with van der Waals surface area (Å²) in [6.45, 7) is 1.81. The molecule has 27 heavy (non-hydrogen) atoms. The second kappa shape index (κ2) is 7.40. The lowest BCUT2D eigenvalue weighted by Crippen LogP contribution is -2.19. The number of aliphatic hydroxyl groups excluding tert-OH is 1. The molecule has 3 N–H and O–H groups in total. The summed E-state index contributed by atoms with van der Waals surface area (Å²) in [5.74, 6) is 0. The molecule has 3 rings (SSSR count). The van der Waals surface area contributed by atoms with Crippen molar-refractivity contribution in [3.63, 3.8) is 0 Å². The number of H-pyrrole nitrogens is 1. The highest BCUT2D eigenvalue weighted by Gasteiger charge is 2.21. The first kappa shape index (κ1) is 18.9. The second-order valence-electron chi connectivity index (χ2n) is 6.05. The maximum atomic E-state index is 12.8. The molecular formula is C17H19N5O4S. The molecule has 142 valence electrons. The maximum absolute atomic E-state index is 12.8. The Labute approximate surface area is 156 Å². The molecule has 9 nitrogen and oxygen atoms in total. The van der Waals surface area contributed by atoms with Gasteiger partial charge < -0.3 is 14.8 Å². The van der Waals surface area contributed by atoms with E-state index in [2.05, 4.69) is 20.9 Å². The van der Waals surface area contributed by atoms with Crippen LogP contribution in [0.25, 0.3) is 10.9 Å². The Morgan fingerprint density at radius 2 is 2.26 bits per heavy atom.